The molecule has 0 aliphatic rings. The first-order chi connectivity index (χ1) is 14.3. The van der Waals surface area contributed by atoms with Crippen LogP contribution in [0.15, 0.2) is 53.1 Å². The Morgan fingerprint density at radius 1 is 1.20 bits per heavy atom. The lowest BCUT2D eigenvalue weighted by Gasteiger charge is -2.13. The Balaban J connectivity index is 1.57. The monoisotopic (exact) mass is 405 g/mol. The Hall–Kier alpha value is -3.41. The number of amides is 1. The van der Waals surface area contributed by atoms with E-state index in [-0.39, 0.29) is 17.8 Å². The van der Waals surface area contributed by atoms with Gasteiger partial charge in [0.25, 0.3) is 5.91 Å². The van der Waals surface area contributed by atoms with Gasteiger partial charge in [-0.2, -0.15) is 0 Å². The predicted octanol–water partition coefficient (Wildman–Crippen LogP) is 5.23. The van der Waals surface area contributed by atoms with Crippen LogP contribution in [0.1, 0.15) is 51.7 Å². The zero-order valence-electron chi connectivity index (χ0n) is 17.5. The van der Waals surface area contributed by atoms with Crippen molar-refractivity contribution >= 4 is 16.9 Å². The standard InChI is InChI=1S/C24H24FN3O2/c1-14-11-21(17(4)28(14)13-19-7-5-6-10-26-19)24(29)27-16(3)23-15(2)20-12-18(25)8-9-22(20)30-23/h5-12,16H,13H2,1-4H3,(H,27,29). The Bertz CT molecular complexity index is 1220. The number of pyridine rings is 1. The second-order valence-corrected chi connectivity index (χ2v) is 7.62. The highest BCUT2D eigenvalue weighted by Gasteiger charge is 2.22. The van der Waals surface area contributed by atoms with E-state index in [0.29, 0.717) is 23.5 Å². The summed E-state index contributed by atoms with van der Waals surface area (Å²) in [7, 11) is 0. The number of halogens is 1. The zero-order chi connectivity index (χ0) is 21.4. The minimum absolute atomic E-state index is 0.172. The highest BCUT2D eigenvalue weighted by molar-refractivity contribution is 5.96. The summed E-state index contributed by atoms with van der Waals surface area (Å²) in [5, 5.41) is 3.74. The topological polar surface area (TPSA) is 60.1 Å². The summed E-state index contributed by atoms with van der Waals surface area (Å²) in [4.78, 5) is 17.4. The lowest BCUT2D eigenvalue weighted by atomic mass is 10.1. The van der Waals surface area contributed by atoms with Crippen LogP contribution >= 0.6 is 0 Å². The Morgan fingerprint density at radius 3 is 2.73 bits per heavy atom. The molecule has 0 saturated heterocycles. The number of aryl methyl sites for hydroxylation is 2. The van der Waals surface area contributed by atoms with Crippen LogP contribution in [-0.2, 0) is 6.54 Å². The number of hydrogen-bond acceptors (Lipinski definition) is 3. The summed E-state index contributed by atoms with van der Waals surface area (Å²) in [5.74, 6) is 0.148. The summed E-state index contributed by atoms with van der Waals surface area (Å²) in [6.45, 7) is 8.27. The number of benzene rings is 1. The Morgan fingerprint density at radius 2 is 2.00 bits per heavy atom. The average molecular weight is 405 g/mol. The molecule has 6 heteroatoms. The van der Waals surface area contributed by atoms with Crippen molar-refractivity contribution in [1.82, 2.24) is 14.9 Å². The van der Waals surface area contributed by atoms with E-state index in [1.165, 1.54) is 12.1 Å². The van der Waals surface area contributed by atoms with E-state index >= 15 is 0 Å². The van der Waals surface area contributed by atoms with Crippen molar-refractivity contribution in [2.24, 2.45) is 0 Å². The molecule has 1 amide bonds. The molecule has 0 fully saturated rings. The molecule has 0 aliphatic carbocycles. The number of furan rings is 1. The maximum Gasteiger partial charge on any atom is 0.253 e. The molecule has 0 bridgehead atoms. The molecule has 0 spiro atoms. The minimum atomic E-state index is -0.355. The van der Waals surface area contributed by atoms with Gasteiger partial charge >= 0.3 is 0 Å². The third kappa shape index (κ3) is 3.61. The van der Waals surface area contributed by atoms with Gasteiger partial charge in [-0.05, 0) is 64.1 Å². The second-order valence-electron chi connectivity index (χ2n) is 7.62. The number of carbonyl (C=O) groups is 1. The van der Waals surface area contributed by atoms with Gasteiger partial charge in [-0.1, -0.05) is 6.07 Å². The van der Waals surface area contributed by atoms with Gasteiger partial charge in [0.1, 0.15) is 17.2 Å². The molecule has 30 heavy (non-hydrogen) atoms. The van der Waals surface area contributed by atoms with E-state index in [4.69, 9.17) is 4.42 Å². The third-order valence-electron chi connectivity index (χ3n) is 5.54. The Kier molecular flexibility index (Phi) is 5.16. The van der Waals surface area contributed by atoms with Gasteiger partial charge in [0, 0.05) is 28.5 Å². The van der Waals surface area contributed by atoms with Crippen molar-refractivity contribution in [3.05, 3.63) is 88.4 Å². The van der Waals surface area contributed by atoms with Crippen molar-refractivity contribution in [2.75, 3.05) is 0 Å². The van der Waals surface area contributed by atoms with Crippen LogP contribution in [0.5, 0.6) is 0 Å². The molecule has 0 saturated carbocycles. The smallest absolute Gasteiger partial charge is 0.253 e. The fraction of sp³-hybridized carbons (Fsp3) is 0.250. The van der Waals surface area contributed by atoms with E-state index in [0.717, 1.165) is 28.0 Å². The fourth-order valence-corrected chi connectivity index (χ4v) is 3.89. The van der Waals surface area contributed by atoms with Crippen molar-refractivity contribution in [1.29, 1.82) is 0 Å². The van der Waals surface area contributed by atoms with E-state index in [9.17, 15) is 9.18 Å². The molecule has 4 aromatic rings. The largest absolute Gasteiger partial charge is 0.459 e. The van der Waals surface area contributed by atoms with Crippen LogP contribution in [0.25, 0.3) is 11.0 Å². The van der Waals surface area contributed by atoms with E-state index < -0.39 is 0 Å². The molecule has 0 radical (unpaired) electrons. The van der Waals surface area contributed by atoms with E-state index in [2.05, 4.69) is 14.9 Å². The van der Waals surface area contributed by atoms with Crippen LogP contribution in [0.4, 0.5) is 4.39 Å². The van der Waals surface area contributed by atoms with Gasteiger partial charge in [-0.25, -0.2) is 4.39 Å². The van der Waals surface area contributed by atoms with E-state index in [1.807, 2.05) is 52.0 Å². The first kappa shape index (κ1) is 19.9. The maximum atomic E-state index is 13.6. The van der Waals surface area contributed by atoms with Crippen molar-refractivity contribution < 1.29 is 13.6 Å². The summed E-state index contributed by atoms with van der Waals surface area (Å²) in [5.41, 5.74) is 4.87. The van der Waals surface area contributed by atoms with Crippen LogP contribution in [0.2, 0.25) is 0 Å². The van der Waals surface area contributed by atoms with Crippen molar-refractivity contribution in [3.63, 3.8) is 0 Å². The fourth-order valence-electron chi connectivity index (χ4n) is 3.89. The van der Waals surface area contributed by atoms with E-state index in [1.54, 1.807) is 12.3 Å². The second kappa shape index (κ2) is 7.78. The number of nitrogens with zero attached hydrogens (tertiary/aromatic N) is 2. The molecular formula is C24H24FN3O2. The lowest BCUT2D eigenvalue weighted by molar-refractivity contribution is 0.0935. The molecule has 1 atom stereocenters. The average Bonchev–Trinajstić information content (AvgIpc) is 3.20. The number of nitrogens with one attached hydrogen (secondary N) is 1. The zero-order valence-corrected chi connectivity index (χ0v) is 17.5. The molecular weight excluding hydrogens is 381 g/mol. The lowest BCUT2D eigenvalue weighted by Crippen LogP contribution is -2.27. The Labute approximate surface area is 174 Å². The number of aromatic nitrogens is 2. The van der Waals surface area contributed by atoms with Gasteiger partial charge in [-0.15, -0.1) is 0 Å². The molecule has 5 nitrogen and oxygen atoms in total. The van der Waals surface area contributed by atoms with Crippen LogP contribution in [-0.4, -0.2) is 15.5 Å². The normalized spacial score (nSPS) is 12.3. The highest BCUT2D eigenvalue weighted by Crippen LogP contribution is 2.30. The number of rotatable bonds is 5. The van der Waals surface area contributed by atoms with Gasteiger partial charge in [-0.3, -0.25) is 9.78 Å². The third-order valence-corrected chi connectivity index (χ3v) is 5.54. The number of carbonyl (C=O) groups excluding carboxylic acids is 1. The SMILES string of the molecule is Cc1c(C(C)NC(=O)c2cc(C)n(Cc3ccccn3)c2C)oc2ccc(F)cc12. The van der Waals surface area contributed by atoms with Gasteiger partial charge in [0.2, 0.25) is 0 Å². The van der Waals surface area contributed by atoms with Gasteiger partial charge in [0.05, 0.1) is 23.8 Å². The summed E-state index contributed by atoms with van der Waals surface area (Å²) < 4.78 is 21.6. The number of fused-ring (bicyclic) bond motifs is 1. The summed E-state index contributed by atoms with van der Waals surface area (Å²) in [6.07, 6.45) is 1.76. The van der Waals surface area contributed by atoms with Crippen molar-refractivity contribution in [2.45, 2.75) is 40.3 Å². The van der Waals surface area contributed by atoms with Gasteiger partial charge < -0.3 is 14.3 Å². The maximum absolute atomic E-state index is 13.6. The molecule has 4 rings (SSSR count). The predicted molar refractivity (Wildman–Crippen MR) is 114 cm³/mol. The minimum Gasteiger partial charge on any atom is -0.459 e. The van der Waals surface area contributed by atoms with Gasteiger partial charge in [0.15, 0.2) is 0 Å². The molecule has 3 heterocycles. The first-order valence-corrected chi connectivity index (χ1v) is 9.91. The van der Waals surface area contributed by atoms with Crippen molar-refractivity contribution in [3.8, 4) is 0 Å². The molecule has 154 valence electrons. The molecule has 3 aromatic heterocycles. The summed E-state index contributed by atoms with van der Waals surface area (Å²) in [6, 6.07) is 11.8. The molecule has 1 unspecified atom stereocenters. The van der Waals surface area contributed by atoms with Crippen LogP contribution in [0, 0.1) is 26.6 Å². The molecule has 1 aromatic carbocycles. The molecule has 1 N–H and O–H groups in total. The summed E-state index contributed by atoms with van der Waals surface area (Å²) >= 11 is 0. The quantitative estimate of drug-likeness (QED) is 0.494. The highest BCUT2D eigenvalue weighted by atomic mass is 19.1. The van der Waals surface area contributed by atoms with Crippen LogP contribution < -0.4 is 5.32 Å². The van der Waals surface area contributed by atoms with Crippen LogP contribution in [0.3, 0.4) is 0 Å². The number of hydrogen-bond donors (Lipinski definition) is 1. The molecule has 0 aliphatic heterocycles. The first-order valence-electron chi connectivity index (χ1n) is 9.91.